The molecule has 0 heterocycles. The SMILES string of the molecule is CCC#CO.CCC=C(C)O. The molecule has 0 aliphatic rings. The van der Waals surface area contributed by atoms with Crippen LogP contribution in [0.2, 0.25) is 0 Å². The summed E-state index contributed by atoms with van der Waals surface area (Å²) in [6.45, 7) is 5.53. The highest BCUT2D eigenvalue weighted by Gasteiger charge is 1.70. The van der Waals surface area contributed by atoms with Crippen molar-refractivity contribution in [3.63, 3.8) is 0 Å². The quantitative estimate of drug-likeness (QED) is 0.452. The van der Waals surface area contributed by atoms with Crippen LogP contribution in [0.4, 0.5) is 0 Å². The predicted molar refractivity (Wildman–Crippen MR) is 46.7 cm³/mol. The molecular weight excluding hydrogens is 140 g/mol. The van der Waals surface area contributed by atoms with Gasteiger partial charge in [0.2, 0.25) is 0 Å². The minimum absolute atomic E-state index is 0.414. The Kier molecular flexibility index (Phi) is 13.3. The number of aliphatic hydroxyl groups excluding tert-OH is 2. The van der Waals surface area contributed by atoms with Crippen LogP contribution in [-0.4, -0.2) is 10.2 Å². The minimum Gasteiger partial charge on any atom is -0.513 e. The van der Waals surface area contributed by atoms with Crippen LogP contribution in [0.25, 0.3) is 0 Å². The Labute approximate surface area is 68.6 Å². The van der Waals surface area contributed by atoms with Gasteiger partial charge in [0.1, 0.15) is 6.11 Å². The third-order valence-corrected chi connectivity index (χ3v) is 0.755. The molecule has 0 amide bonds. The first-order chi connectivity index (χ1) is 5.18. The van der Waals surface area contributed by atoms with Gasteiger partial charge in [-0.05, 0) is 19.4 Å². The van der Waals surface area contributed by atoms with Crippen molar-refractivity contribution in [2.45, 2.75) is 33.6 Å². The Morgan fingerprint density at radius 2 is 2.00 bits per heavy atom. The van der Waals surface area contributed by atoms with Gasteiger partial charge in [-0.25, -0.2) is 0 Å². The van der Waals surface area contributed by atoms with Gasteiger partial charge in [-0.3, -0.25) is 0 Å². The second-order valence-corrected chi connectivity index (χ2v) is 1.90. The zero-order chi connectivity index (χ0) is 9.11. The van der Waals surface area contributed by atoms with E-state index >= 15 is 0 Å². The Morgan fingerprint density at radius 1 is 1.45 bits per heavy atom. The standard InChI is InChI=1S/C5H10O.C4H6O/c1-3-4-5(2)6;1-2-3-4-5/h4,6H,3H2,1-2H3;5H,2H2,1H3. The Balaban J connectivity index is 0. The second-order valence-electron chi connectivity index (χ2n) is 1.90. The summed E-state index contributed by atoms with van der Waals surface area (Å²) in [7, 11) is 0. The van der Waals surface area contributed by atoms with Gasteiger partial charge in [0.25, 0.3) is 0 Å². The molecule has 0 unspecified atom stereocenters. The largest absolute Gasteiger partial charge is 0.513 e. The van der Waals surface area contributed by atoms with Gasteiger partial charge in [0.15, 0.2) is 0 Å². The first kappa shape index (κ1) is 12.6. The molecular formula is C9H16O2. The number of rotatable bonds is 1. The lowest BCUT2D eigenvalue weighted by atomic mass is 10.4. The van der Waals surface area contributed by atoms with E-state index in [1.165, 1.54) is 0 Å². The summed E-state index contributed by atoms with van der Waals surface area (Å²) in [4.78, 5) is 0. The number of allylic oxidation sites excluding steroid dienone is 2. The van der Waals surface area contributed by atoms with Crippen LogP contribution in [0, 0.1) is 12.0 Å². The highest BCUT2D eigenvalue weighted by Crippen LogP contribution is 1.85. The maximum atomic E-state index is 8.41. The van der Waals surface area contributed by atoms with Gasteiger partial charge in [-0.1, -0.05) is 19.8 Å². The van der Waals surface area contributed by atoms with E-state index in [0.717, 1.165) is 12.8 Å². The summed E-state index contributed by atoms with van der Waals surface area (Å²) < 4.78 is 0. The molecule has 0 fully saturated rings. The highest BCUT2D eigenvalue weighted by molar-refractivity contribution is 4.86. The zero-order valence-corrected chi connectivity index (χ0v) is 7.39. The summed E-state index contributed by atoms with van der Waals surface area (Å²) in [5, 5.41) is 16.1. The maximum absolute atomic E-state index is 8.41. The van der Waals surface area contributed by atoms with E-state index in [1.807, 2.05) is 13.8 Å². The van der Waals surface area contributed by atoms with Gasteiger partial charge >= 0.3 is 0 Å². The van der Waals surface area contributed by atoms with E-state index < -0.39 is 0 Å². The molecule has 0 aromatic heterocycles. The van der Waals surface area contributed by atoms with E-state index in [9.17, 15) is 0 Å². The Bertz CT molecular complexity index is 145. The summed E-state index contributed by atoms with van der Waals surface area (Å²) >= 11 is 0. The van der Waals surface area contributed by atoms with Crippen LogP contribution in [0.1, 0.15) is 33.6 Å². The van der Waals surface area contributed by atoms with Crippen molar-refractivity contribution >= 4 is 0 Å². The number of aliphatic hydroxyl groups is 2. The highest BCUT2D eigenvalue weighted by atomic mass is 16.3. The summed E-state index contributed by atoms with van der Waals surface area (Å²) in [6, 6.07) is 0. The van der Waals surface area contributed by atoms with Crippen LogP contribution in [0.3, 0.4) is 0 Å². The maximum Gasteiger partial charge on any atom is 0.107 e. The van der Waals surface area contributed by atoms with Crippen molar-refractivity contribution in [3.05, 3.63) is 11.8 Å². The van der Waals surface area contributed by atoms with Crippen molar-refractivity contribution in [2.24, 2.45) is 0 Å². The number of hydrogen-bond acceptors (Lipinski definition) is 2. The van der Waals surface area contributed by atoms with Gasteiger partial charge in [0.05, 0.1) is 5.76 Å². The average Bonchev–Trinajstić information content (AvgIpc) is 1.90. The number of hydrogen-bond donors (Lipinski definition) is 2. The summed E-state index contributed by atoms with van der Waals surface area (Å²) in [5.41, 5.74) is 0. The van der Waals surface area contributed by atoms with Gasteiger partial charge < -0.3 is 10.2 Å². The molecule has 0 aliphatic heterocycles. The third-order valence-electron chi connectivity index (χ3n) is 0.755. The molecule has 2 nitrogen and oxygen atoms in total. The van der Waals surface area contributed by atoms with Crippen molar-refractivity contribution in [1.82, 2.24) is 0 Å². The molecule has 64 valence electrons. The molecule has 2 N–H and O–H groups in total. The Morgan fingerprint density at radius 3 is 2.00 bits per heavy atom. The first-order valence-electron chi connectivity index (χ1n) is 3.66. The zero-order valence-electron chi connectivity index (χ0n) is 7.39. The van der Waals surface area contributed by atoms with E-state index in [2.05, 4.69) is 5.92 Å². The van der Waals surface area contributed by atoms with Crippen LogP contribution in [0.15, 0.2) is 11.8 Å². The average molecular weight is 156 g/mol. The predicted octanol–water partition coefficient (Wildman–Crippen LogP) is 2.59. The molecule has 0 radical (unpaired) electrons. The molecule has 0 rings (SSSR count). The lowest BCUT2D eigenvalue weighted by molar-refractivity contribution is 0.412. The van der Waals surface area contributed by atoms with Crippen LogP contribution >= 0.6 is 0 Å². The van der Waals surface area contributed by atoms with Gasteiger partial charge in [-0.2, -0.15) is 0 Å². The third kappa shape index (κ3) is 27.9. The monoisotopic (exact) mass is 156 g/mol. The van der Waals surface area contributed by atoms with E-state index in [0.29, 0.717) is 5.76 Å². The summed E-state index contributed by atoms with van der Waals surface area (Å²) in [6.07, 6.45) is 5.18. The second kappa shape index (κ2) is 11.7. The molecule has 0 saturated heterocycles. The molecule has 0 atom stereocenters. The molecule has 0 bridgehead atoms. The Hall–Kier alpha value is -1.10. The van der Waals surface area contributed by atoms with Gasteiger partial charge in [-0.15, -0.1) is 0 Å². The fraction of sp³-hybridized carbons (Fsp3) is 0.556. The van der Waals surface area contributed by atoms with Crippen LogP contribution in [0.5, 0.6) is 0 Å². The molecule has 0 spiro atoms. The molecule has 0 saturated carbocycles. The fourth-order valence-electron chi connectivity index (χ4n) is 0.374. The van der Waals surface area contributed by atoms with Crippen molar-refractivity contribution < 1.29 is 10.2 Å². The van der Waals surface area contributed by atoms with Crippen LogP contribution in [-0.2, 0) is 0 Å². The van der Waals surface area contributed by atoms with Crippen LogP contribution < -0.4 is 0 Å². The topological polar surface area (TPSA) is 40.5 Å². The van der Waals surface area contributed by atoms with Gasteiger partial charge in [0, 0.05) is 6.42 Å². The normalized spacial score (nSPS) is 8.82. The molecule has 0 aliphatic carbocycles. The molecule has 0 aromatic rings. The smallest absolute Gasteiger partial charge is 0.107 e. The summed E-state index contributed by atoms with van der Waals surface area (Å²) in [5.74, 6) is 2.83. The van der Waals surface area contributed by atoms with E-state index in [-0.39, 0.29) is 0 Å². The van der Waals surface area contributed by atoms with E-state index in [1.54, 1.807) is 19.1 Å². The lowest BCUT2D eigenvalue weighted by Crippen LogP contribution is -1.64. The first-order valence-corrected chi connectivity index (χ1v) is 3.66. The minimum atomic E-state index is 0.414. The van der Waals surface area contributed by atoms with Crippen molar-refractivity contribution in [1.29, 1.82) is 0 Å². The lowest BCUT2D eigenvalue weighted by Gasteiger charge is -1.80. The van der Waals surface area contributed by atoms with E-state index in [4.69, 9.17) is 10.2 Å². The van der Waals surface area contributed by atoms with Crippen molar-refractivity contribution in [3.8, 4) is 12.0 Å². The molecule has 0 aromatic carbocycles. The molecule has 11 heavy (non-hydrogen) atoms. The fourth-order valence-corrected chi connectivity index (χ4v) is 0.374. The molecule has 2 heteroatoms. The van der Waals surface area contributed by atoms with Crippen molar-refractivity contribution in [2.75, 3.05) is 0 Å².